The van der Waals surface area contributed by atoms with Gasteiger partial charge in [0.05, 0.1) is 11.9 Å². The Hall–Kier alpha value is -2.56. The molecule has 1 aliphatic rings. The van der Waals surface area contributed by atoms with Crippen LogP contribution in [-0.2, 0) is 0 Å². The van der Waals surface area contributed by atoms with Gasteiger partial charge in [-0.1, -0.05) is 31.9 Å². The standard InChI is InChI=1S/C23H32N4O/c1-4-5-6-12-24-20-10-11-21(25-17-20)23(28)27-15-13-26(14-16-27)22-9-7-8-18(2)19(22)3/h7-11,17,24H,4-6,12-16H2,1-3H3. The van der Waals surface area contributed by atoms with E-state index in [9.17, 15) is 4.79 Å². The molecule has 2 heterocycles. The number of aromatic nitrogens is 1. The highest BCUT2D eigenvalue weighted by Crippen LogP contribution is 2.24. The lowest BCUT2D eigenvalue weighted by Gasteiger charge is -2.37. The van der Waals surface area contributed by atoms with Gasteiger partial charge in [0.2, 0.25) is 0 Å². The van der Waals surface area contributed by atoms with Crippen molar-refractivity contribution in [3.8, 4) is 0 Å². The van der Waals surface area contributed by atoms with E-state index in [1.54, 1.807) is 6.20 Å². The van der Waals surface area contributed by atoms with Gasteiger partial charge >= 0.3 is 0 Å². The van der Waals surface area contributed by atoms with Crippen molar-refractivity contribution in [2.24, 2.45) is 0 Å². The molecule has 0 radical (unpaired) electrons. The highest BCUT2D eigenvalue weighted by atomic mass is 16.2. The van der Waals surface area contributed by atoms with E-state index in [1.165, 1.54) is 29.7 Å². The van der Waals surface area contributed by atoms with Gasteiger partial charge in [0.15, 0.2) is 0 Å². The monoisotopic (exact) mass is 380 g/mol. The second-order valence-electron chi connectivity index (χ2n) is 7.56. The molecular formula is C23H32N4O. The lowest BCUT2D eigenvalue weighted by atomic mass is 10.1. The first-order valence-corrected chi connectivity index (χ1v) is 10.4. The summed E-state index contributed by atoms with van der Waals surface area (Å²) in [5.41, 5.74) is 5.42. The average molecular weight is 381 g/mol. The Morgan fingerprint density at radius 2 is 1.86 bits per heavy atom. The number of hydrogen-bond donors (Lipinski definition) is 1. The zero-order chi connectivity index (χ0) is 19.9. The van der Waals surface area contributed by atoms with Crippen molar-refractivity contribution in [3.05, 3.63) is 53.3 Å². The maximum absolute atomic E-state index is 12.8. The van der Waals surface area contributed by atoms with Crippen LogP contribution >= 0.6 is 0 Å². The summed E-state index contributed by atoms with van der Waals surface area (Å²) in [5, 5.41) is 3.36. The van der Waals surface area contributed by atoms with Crippen molar-refractivity contribution in [1.29, 1.82) is 0 Å². The Labute approximate surface area is 168 Å². The molecule has 2 aromatic rings. The summed E-state index contributed by atoms with van der Waals surface area (Å²) < 4.78 is 0. The van der Waals surface area contributed by atoms with Gasteiger partial charge in [0.25, 0.3) is 5.91 Å². The molecule has 1 amide bonds. The molecule has 0 saturated carbocycles. The molecule has 3 rings (SSSR count). The molecule has 5 heteroatoms. The molecule has 1 saturated heterocycles. The van der Waals surface area contributed by atoms with Gasteiger partial charge in [0.1, 0.15) is 5.69 Å². The average Bonchev–Trinajstić information content (AvgIpc) is 2.73. The molecule has 0 bridgehead atoms. The Balaban J connectivity index is 1.54. The Bertz CT molecular complexity index is 780. The maximum atomic E-state index is 12.8. The quantitative estimate of drug-likeness (QED) is 0.729. The topological polar surface area (TPSA) is 48.5 Å². The Morgan fingerprint density at radius 1 is 1.07 bits per heavy atom. The van der Waals surface area contributed by atoms with E-state index >= 15 is 0 Å². The number of carbonyl (C=O) groups excluding carboxylic acids is 1. The first-order chi connectivity index (χ1) is 13.6. The van der Waals surface area contributed by atoms with Crippen LogP contribution in [0.25, 0.3) is 0 Å². The van der Waals surface area contributed by atoms with Crippen LogP contribution in [0.4, 0.5) is 11.4 Å². The third-order valence-corrected chi connectivity index (χ3v) is 5.58. The maximum Gasteiger partial charge on any atom is 0.272 e. The summed E-state index contributed by atoms with van der Waals surface area (Å²) >= 11 is 0. The van der Waals surface area contributed by atoms with Crippen molar-refractivity contribution in [2.45, 2.75) is 40.0 Å². The zero-order valence-corrected chi connectivity index (χ0v) is 17.4. The summed E-state index contributed by atoms with van der Waals surface area (Å²) in [6.07, 6.45) is 5.36. The lowest BCUT2D eigenvalue weighted by Crippen LogP contribution is -2.49. The van der Waals surface area contributed by atoms with Crippen molar-refractivity contribution < 1.29 is 4.79 Å². The molecule has 1 aromatic heterocycles. The molecule has 0 aliphatic carbocycles. The number of benzene rings is 1. The van der Waals surface area contributed by atoms with E-state index in [0.717, 1.165) is 44.8 Å². The van der Waals surface area contributed by atoms with Crippen LogP contribution in [0.2, 0.25) is 0 Å². The molecule has 0 spiro atoms. The van der Waals surface area contributed by atoms with Crippen LogP contribution in [0.1, 0.15) is 47.8 Å². The van der Waals surface area contributed by atoms with Crippen LogP contribution in [0.15, 0.2) is 36.5 Å². The summed E-state index contributed by atoms with van der Waals surface area (Å²) in [6.45, 7) is 10.6. The largest absolute Gasteiger partial charge is 0.384 e. The number of nitrogens with one attached hydrogen (secondary N) is 1. The number of nitrogens with zero attached hydrogens (tertiary/aromatic N) is 3. The van der Waals surface area contributed by atoms with Crippen molar-refractivity contribution >= 4 is 17.3 Å². The van der Waals surface area contributed by atoms with Gasteiger partial charge in [-0.15, -0.1) is 0 Å². The summed E-state index contributed by atoms with van der Waals surface area (Å²) in [7, 11) is 0. The van der Waals surface area contributed by atoms with Crippen LogP contribution in [-0.4, -0.2) is 48.5 Å². The van der Waals surface area contributed by atoms with Gasteiger partial charge in [-0.2, -0.15) is 0 Å². The number of unbranched alkanes of at least 4 members (excludes halogenated alkanes) is 2. The number of pyridine rings is 1. The molecule has 0 atom stereocenters. The fraction of sp³-hybridized carbons (Fsp3) is 0.478. The minimum atomic E-state index is 0.0261. The normalized spacial score (nSPS) is 14.2. The van der Waals surface area contributed by atoms with Gasteiger partial charge in [0, 0.05) is 38.4 Å². The van der Waals surface area contributed by atoms with E-state index < -0.39 is 0 Å². The highest BCUT2D eigenvalue weighted by Gasteiger charge is 2.23. The highest BCUT2D eigenvalue weighted by molar-refractivity contribution is 5.92. The molecular weight excluding hydrogens is 348 g/mol. The molecule has 150 valence electrons. The minimum Gasteiger partial charge on any atom is -0.384 e. The second kappa shape index (κ2) is 9.58. The molecule has 5 nitrogen and oxygen atoms in total. The number of anilines is 2. The van der Waals surface area contributed by atoms with E-state index in [1.807, 2.05) is 17.0 Å². The summed E-state index contributed by atoms with van der Waals surface area (Å²) in [6, 6.07) is 10.2. The predicted molar refractivity (Wildman–Crippen MR) is 116 cm³/mol. The fourth-order valence-electron chi connectivity index (χ4n) is 3.62. The Kier molecular flexibility index (Phi) is 6.90. The lowest BCUT2D eigenvalue weighted by molar-refractivity contribution is 0.0741. The third-order valence-electron chi connectivity index (χ3n) is 5.58. The zero-order valence-electron chi connectivity index (χ0n) is 17.4. The van der Waals surface area contributed by atoms with E-state index in [4.69, 9.17) is 0 Å². The second-order valence-corrected chi connectivity index (χ2v) is 7.56. The molecule has 1 aliphatic heterocycles. The summed E-state index contributed by atoms with van der Waals surface area (Å²) in [4.78, 5) is 21.5. The Morgan fingerprint density at radius 3 is 2.54 bits per heavy atom. The smallest absolute Gasteiger partial charge is 0.272 e. The van der Waals surface area contributed by atoms with Crippen molar-refractivity contribution in [1.82, 2.24) is 9.88 Å². The molecule has 1 aromatic carbocycles. The van der Waals surface area contributed by atoms with Crippen LogP contribution in [0.5, 0.6) is 0 Å². The SMILES string of the molecule is CCCCCNc1ccc(C(=O)N2CCN(c3cccc(C)c3C)CC2)nc1. The first-order valence-electron chi connectivity index (χ1n) is 10.4. The molecule has 1 N–H and O–H groups in total. The van der Waals surface area contributed by atoms with Gasteiger partial charge in [-0.3, -0.25) is 4.79 Å². The van der Waals surface area contributed by atoms with Gasteiger partial charge in [-0.05, 0) is 49.6 Å². The molecule has 1 fully saturated rings. The fourth-order valence-corrected chi connectivity index (χ4v) is 3.62. The van der Waals surface area contributed by atoms with E-state index in [2.05, 4.69) is 54.2 Å². The minimum absolute atomic E-state index is 0.0261. The van der Waals surface area contributed by atoms with Crippen LogP contribution in [0.3, 0.4) is 0 Å². The van der Waals surface area contributed by atoms with Crippen LogP contribution in [0, 0.1) is 13.8 Å². The molecule has 28 heavy (non-hydrogen) atoms. The molecule has 0 unspecified atom stereocenters. The van der Waals surface area contributed by atoms with E-state index in [-0.39, 0.29) is 5.91 Å². The van der Waals surface area contributed by atoms with Crippen molar-refractivity contribution in [3.63, 3.8) is 0 Å². The number of hydrogen-bond acceptors (Lipinski definition) is 4. The van der Waals surface area contributed by atoms with Crippen LogP contribution < -0.4 is 10.2 Å². The number of amides is 1. The van der Waals surface area contributed by atoms with E-state index in [0.29, 0.717) is 5.69 Å². The van der Waals surface area contributed by atoms with Gasteiger partial charge < -0.3 is 15.1 Å². The summed E-state index contributed by atoms with van der Waals surface area (Å²) in [5.74, 6) is 0.0261. The number of piperazine rings is 1. The number of carbonyl (C=O) groups is 1. The van der Waals surface area contributed by atoms with Gasteiger partial charge in [-0.25, -0.2) is 4.98 Å². The predicted octanol–water partition coefficient (Wildman–Crippen LogP) is 4.26. The number of aryl methyl sites for hydroxylation is 1. The number of rotatable bonds is 7. The van der Waals surface area contributed by atoms with Crippen molar-refractivity contribution in [2.75, 3.05) is 42.9 Å². The third kappa shape index (κ3) is 4.83. The first kappa shape index (κ1) is 20.2.